The number of nitrogens with two attached hydrogens (primary N) is 4. The lowest BCUT2D eigenvalue weighted by molar-refractivity contribution is 0.0517. The number of rotatable bonds is 13. The highest BCUT2D eigenvalue weighted by Crippen LogP contribution is 2.11. The lowest BCUT2D eigenvalue weighted by Crippen LogP contribution is -2.26. The standard InChI is InChI=1S/C28H40N10O4/c1-3-41-23(39)19-9-13-21(14-10-19)35-27(31)37-25(29)33-17-7-5-6-8-18-34-26(30)38-28(32)36-22-15-11-20(12-16-22)24(40)42-4-2/h9-16H,3-8,17-18H2,1-2H3,(H5,29,31,33,35,37)(H5,30,32,34,36,38). The maximum absolute atomic E-state index is 11.7. The van der Waals surface area contributed by atoms with E-state index >= 15 is 0 Å². The van der Waals surface area contributed by atoms with E-state index in [4.69, 9.17) is 32.4 Å². The number of carbonyl (C=O) groups excluding carboxylic acids is 2. The van der Waals surface area contributed by atoms with Crippen molar-refractivity contribution in [1.29, 1.82) is 0 Å². The normalized spacial score (nSPS) is 12.5. The van der Waals surface area contributed by atoms with Gasteiger partial charge in [0.05, 0.1) is 24.3 Å². The van der Waals surface area contributed by atoms with Gasteiger partial charge in [0.2, 0.25) is 23.8 Å². The molecule has 0 aliphatic rings. The average Bonchev–Trinajstić information content (AvgIpc) is 2.95. The molecule has 0 heterocycles. The molecule has 42 heavy (non-hydrogen) atoms. The van der Waals surface area contributed by atoms with Gasteiger partial charge in [-0.05, 0) is 75.2 Å². The van der Waals surface area contributed by atoms with Gasteiger partial charge in [-0.1, -0.05) is 12.8 Å². The van der Waals surface area contributed by atoms with Crippen molar-refractivity contribution in [3.63, 3.8) is 0 Å². The summed E-state index contributed by atoms with van der Waals surface area (Å²) in [7, 11) is 0. The molecule has 10 N–H and O–H groups in total. The zero-order valence-electron chi connectivity index (χ0n) is 24.0. The van der Waals surface area contributed by atoms with Crippen LogP contribution < -0.4 is 33.6 Å². The largest absolute Gasteiger partial charge is 0.462 e. The van der Waals surface area contributed by atoms with E-state index in [-0.39, 0.29) is 35.8 Å². The molecular weight excluding hydrogens is 540 g/mol. The third kappa shape index (κ3) is 12.8. The van der Waals surface area contributed by atoms with Crippen LogP contribution in [-0.2, 0) is 9.47 Å². The van der Waals surface area contributed by atoms with Crippen LogP contribution in [0.1, 0.15) is 60.2 Å². The number of nitrogens with one attached hydrogen (secondary N) is 2. The number of benzene rings is 2. The molecule has 0 fully saturated rings. The van der Waals surface area contributed by atoms with Gasteiger partial charge in [-0.3, -0.25) is 9.98 Å². The van der Waals surface area contributed by atoms with Crippen molar-refractivity contribution in [3.8, 4) is 0 Å². The lowest BCUT2D eigenvalue weighted by Gasteiger charge is -2.07. The second-order valence-electron chi connectivity index (χ2n) is 8.73. The van der Waals surface area contributed by atoms with E-state index in [0.29, 0.717) is 48.8 Å². The minimum Gasteiger partial charge on any atom is -0.462 e. The summed E-state index contributed by atoms with van der Waals surface area (Å²) in [6, 6.07) is 13.3. The van der Waals surface area contributed by atoms with Crippen molar-refractivity contribution in [3.05, 3.63) is 59.7 Å². The summed E-state index contributed by atoms with van der Waals surface area (Å²) in [6.07, 6.45) is 3.49. The summed E-state index contributed by atoms with van der Waals surface area (Å²) >= 11 is 0. The smallest absolute Gasteiger partial charge is 0.338 e. The Labute approximate surface area is 245 Å². The van der Waals surface area contributed by atoms with E-state index in [0.717, 1.165) is 25.7 Å². The van der Waals surface area contributed by atoms with Crippen LogP contribution in [0.3, 0.4) is 0 Å². The van der Waals surface area contributed by atoms with Gasteiger partial charge in [-0.2, -0.15) is 9.98 Å². The van der Waals surface area contributed by atoms with Gasteiger partial charge in [0.1, 0.15) is 0 Å². The van der Waals surface area contributed by atoms with Gasteiger partial charge in [-0.15, -0.1) is 0 Å². The molecule has 0 aliphatic heterocycles. The molecule has 0 aromatic heterocycles. The van der Waals surface area contributed by atoms with Crippen LogP contribution in [0.2, 0.25) is 0 Å². The maximum Gasteiger partial charge on any atom is 0.338 e. The molecule has 0 aliphatic carbocycles. The van der Waals surface area contributed by atoms with Gasteiger partial charge in [0.25, 0.3) is 0 Å². The Morgan fingerprint density at radius 2 is 0.976 bits per heavy atom. The molecule has 14 heteroatoms. The molecule has 226 valence electrons. The molecule has 0 unspecified atom stereocenters. The lowest BCUT2D eigenvalue weighted by atomic mass is 10.2. The van der Waals surface area contributed by atoms with Crippen LogP contribution in [0, 0.1) is 0 Å². The molecule has 0 amide bonds. The van der Waals surface area contributed by atoms with Crippen molar-refractivity contribution in [2.75, 3.05) is 36.9 Å². The van der Waals surface area contributed by atoms with Crippen LogP contribution in [0.5, 0.6) is 0 Å². The molecule has 0 spiro atoms. The molecule has 0 radical (unpaired) electrons. The summed E-state index contributed by atoms with van der Waals surface area (Å²) in [5.41, 5.74) is 25.6. The Balaban J connectivity index is 1.65. The average molecular weight is 581 g/mol. The Hall–Kier alpha value is -5.14. The van der Waals surface area contributed by atoms with E-state index in [9.17, 15) is 9.59 Å². The summed E-state index contributed by atoms with van der Waals surface area (Å²) in [5, 5.41) is 5.79. The molecule has 0 saturated carbocycles. The van der Waals surface area contributed by atoms with Crippen LogP contribution in [0.25, 0.3) is 0 Å². The maximum atomic E-state index is 11.7. The summed E-state index contributed by atoms with van der Waals surface area (Å²) in [5.74, 6) is -0.471. The second-order valence-corrected chi connectivity index (χ2v) is 8.73. The summed E-state index contributed by atoms with van der Waals surface area (Å²) in [4.78, 5) is 39.9. The summed E-state index contributed by atoms with van der Waals surface area (Å²) in [6.45, 7) is 5.14. The molecule has 2 aromatic rings. The number of esters is 2. The van der Waals surface area contributed by atoms with Crippen LogP contribution in [0.4, 0.5) is 11.4 Å². The highest BCUT2D eigenvalue weighted by Gasteiger charge is 2.07. The molecule has 2 rings (SSSR count). The van der Waals surface area contributed by atoms with Crippen molar-refractivity contribution < 1.29 is 19.1 Å². The van der Waals surface area contributed by atoms with Crippen molar-refractivity contribution in [2.24, 2.45) is 42.9 Å². The van der Waals surface area contributed by atoms with Gasteiger partial charge in [0.15, 0.2) is 0 Å². The fourth-order valence-electron chi connectivity index (χ4n) is 3.44. The monoisotopic (exact) mass is 580 g/mol. The number of hydrogen-bond donors (Lipinski definition) is 6. The minimum absolute atomic E-state index is 0.0690. The molecule has 0 saturated heterocycles. The fourth-order valence-corrected chi connectivity index (χ4v) is 3.44. The van der Waals surface area contributed by atoms with E-state index in [2.05, 4.69) is 30.6 Å². The highest BCUT2D eigenvalue weighted by molar-refractivity contribution is 6.01. The number of nitrogens with zero attached hydrogens (tertiary/aromatic N) is 4. The Morgan fingerprint density at radius 1 is 0.619 bits per heavy atom. The van der Waals surface area contributed by atoms with Crippen molar-refractivity contribution in [2.45, 2.75) is 39.5 Å². The number of hydrogen-bond acceptors (Lipinski definition) is 6. The SMILES string of the molecule is CCOC(=O)c1ccc(NC(N)=NC(N)=NCCCCCCN=C(N)N=C(N)Nc2ccc(C(=O)OCC)cc2)cc1. The number of carbonyl (C=O) groups is 2. The first-order valence-electron chi connectivity index (χ1n) is 13.6. The predicted molar refractivity (Wildman–Crippen MR) is 167 cm³/mol. The number of ether oxygens (including phenoxy) is 2. The Morgan fingerprint density at radius 3 is 1.31 bits per heavy atom. The molecule has 14 nitrogen and oxygen atoms in total. The molecule has 2 aromatic carbocycles. The Bertz CT molecular complexity index is 1170. The van der Waals surface area contributed by atoms with E-state index < -0.39 is 0 Å². The summed E-state index contributed by atoms with van der Waals surface area (Å²) < 4.78 is 9.91. The van der Waals surface area contributed by atoms with Crippen LogP contribution in [0.15, 0.2) is 68.5 Å². The highest BCUT2D eigenvalue weighted by atomic mass is 16.5. The number of aliphatic imine (C=N–C) groups is 4. The van der Waals surface area contributed by atoms with Crippen LogP contribution in [-0.4, -0.2) is 62.1 Å². The number of guanidine groups is 4. The Kier molecular flexibility index (Phi) is 14.4. The van der Waals surface area contributed by atoms with Crippen molar-refractivity contribution in [1.82, 2.24) is 0 Å². The zero-order chi connectivity index (χ0) is 30.7. The third-order valence-corrected chi connectivity index (χ3v) is 5.42. The first-order valence-corrected chi connectivity index (χ1v) is 13.6. The van der Waals surface area contributed by atoms with Gasteiger partial charge >= 0.3 is 11.9 Å². The van der Waals surface area contributed by atoms with E-state index in [1.807, 2.05) is 0 Å². The topological polar surface area (TPSA) is 230 Å². The van der Waals surface area contributed by atoms with E-state index in [1.165, 1.54) is 0 Å². The number of unbranched alkanes of at least 4 members (excludes halogenated alkanes) is 3. The van der Waals surface area contributed by atoms with Gasteiger partial charge in [0, 0.05) is 24.5 Å². The fraction of sp³-hybridized carbons (Fsp3) is 0.357. The van der Waals surface area contributed by atoms with Crippen LogP contribution >= 0.6 is 0 Å². The van der Waals surface area contributed by atoms with E-state index in [1.54, 1.807) is 62.4 Å². The first kappa shape index (κ1) is 33.1. The zero-order valence-corrected chi connectivity index (χ0v) is 24.0. The minimum atomic E-state index is -0.389. The first-order chi connectivity index (χ1) is 20.2. The third-order valence-electron chi connectivity index (χ3n) is 5.42. The second kappa shape index (κ2) is 18.3. The molecule has 0 atom stereocenters. The van der Waals surface area contributed by atoms with Gasteiger partial charge in [-0.25, -0.2) is 9.59 Å². The van der Waals surface area contributed by atoms with Gasteiger partial charge < -0.3 is 43.0 Å². The quantitative estimate of drug-likeness (QED) is 0.0876. The van der Waals surface area contributed by atoms with Crippen molar-refractivity contribution >= 4 is 47.2 Å². The predicted octanol–water partition coefficient (Wildman–Crippen LogP) is 2.38. The molecular formula is C28H40N10O4. The molecule has 0 bridgehead atoms. The number of anilines is 2.